The van der Waals surface area contributed by atoms with Crippen LogP contribution in [0.15, 0.2) is 47.6 Å². The lowest BCUT2D eigenvalue weighted by Crippen LogP contribution is -2.53. The first-order valence-electron chi connectivity index (χ1n) is 8.02. The van der Waals surface area contributed by atoms with Crippen molar-refractivity contribution >= 4 is 35.4 Å². The number of barbiturate groups is 1. The van der Waals surface area contributed by atoms with Gasteiger partial charge in [0.05, 0.1) is 19.8 Å². The number of hydrogen-bond acceptors (Lipinski definition) is 7. The lowest BCUT2D eigenvalue weighted by atomic mass is 9.90. The summed E-state index contributed by atoms with van der Waals surface area (Å²) in [6.07, 6.45) is 0.832. The van der Waals surface area contributed by atoms with E-state index in [1.54, 1.807) is 30.3 Å². The number of amides is 4. The van der Waals surface area contributed by atoms with Crippen molar-refractivity contribution in [1.82, 2.24) is 9.80 Å². The number of methoxy groups -OCH3 is 2. The largest absolute Gasteiger partial charge is 0.466 e. The fraction of sp³-hybridized carbons (Fsp3) is 0.211. The molecular weight excluding hydrogens is 368 g/mol. The molecule has 1 aromatic rings. The van der Waals surface area contributed by atoms with E-state index in [2.05, 4.69) is 4.74 Å². The lowest BCUT2D eigenvalue weighted by Gasteiger charge is -2.30. The number of esters is 2. The highest BCUT2D eigenvalue weighted by Crippen LogP contribution is 2.31. The Hall–Kier alpha value is -3.75. The molecular formula is C19H18N2O7. The average molecular weight is 386 g/mol. The zero-order chi connectivity index (χ0) is 21.0. The van der Waals surface area contributed by atoms with Crippen LogP contribution in [0.1, 0.15) is 5.56 Å². The van der Waals surface area contributed by atoms with Gasteiger partial charge >= 0.3 is 18.0 Å². The van der Waals surface area contributed by atoms with Gasteiger partial charge in [-0.2, -0.15) is 0 Å². The van der Waals surface area contributed by atoms with Crippen LogP contribution in [-0.2, 0) is 28.7 Å². The van der Waals surface area contributed by atoms with Gasteiger partial charge in [0.1, 0.15) is 5.57 Å². The second-order valence-electron chi connectivity index (χ2n) is 5.70. The summed E-state index contributed by atoms with van der Waals surface area (Å²) in [5, 5.41) is 0. The Labute approximate surface area is 160 Å². The van der Waals surface area contributed by atoms with Crippen LogP contribution in [0.4, 0.5) is 4.79 Å². The topological polar surface area (TPSA) is 110 Å². The number of rotatable bonds is 4. The number of imide groups is 2. The SMILES string of the molecule is COC(=O)/C=C(/C(=O)OC)C(=C1C(=O)N(C)C(=O)N(C)C1=O)c1ccccc1. The normalized spacial score (nSPS) is 14.9. The van der Waals surface area contributed by atoms with E-state index in [0.29, 0.717) is 5.56 Å². The Morgan fingerprint density at radius 3 is 1.89 bits per heavy atom. The molecule has 1 aromatic carbocycles. The quantitative estimate of drug-likeness (QED) is 0.427. The summed E-state index contributed by atoms with van der Waals surface area (Å²) in [5.74, 6) is -3.67. The zero-order valence-corrected chi connectivity index (χ0v) is 15.7. The summed E-state index contributed by atoms with van der Waals surface area (Å²) < 4.78 is 9.30. The number of benzene rings is 1. The lowest BCUT2D eigenvalue weighted by molar-refractivity contribution is -0.138. The van der Waals surface area contributed by atoms with Gasteiger partial charge in [0.2, 0.25) is 0 Å². The maximum Gasteiger partial charge on any atom is 0.338 e. The van der Waals surface area contributed by atoms with Crippen LogP contribution in [0.25, 0.3) is 5.57 Å². The number of urea groups is 1. The van der Waals surface area contributed by atoms with Crippen LogP contribution in [0.3, 0.4) is 0 Å². The standard InChI is InChI=1S/C19H18N2O7/c1-20-16(23)15(17(24)21(2)19(20)26)14(11-8-6-5-7-9-11)12(18(25)28-4)10-13(22)27-3/h5-10H,1-4H3/b12-10+. The van der Waals surface area contributed by atoms with Crippen molar-refractivity contribution in [2.24, 2.45) is 0 Å². The summed E-state index contributed by atoms with van der Waals surface area (Å²) in [6, 6.07) is 7.22. The molecule has 0 radical (unpaired) electrons. The van der Waals surface area contributed by atoms with Crippen molar-refractivity contribution in [3.8, 4) is 0 Å². The summed E-state index contributed by atoms with van der Waals surface area (Å²) in [7, 11) is 4.61. The smallest absolute Gasteiger partial charge is 0.338 e. The Morgan fingerprint density at radius 1 is 0.893 bits per heavy atom. The third-order valence-electron chi connectivity index (χ3n) is 4.06. The molecule has 1 aliphatic rings. The van der Waals surface area contributed by atoms with E-state index in [1.807, 2.05) is 0 Å². The van der Waals surface area contributed by atoms with Gasteiger partial charge in [-0.15, -0.1) is 0 Å². The minimum atomic E-state index is -0.959. The van der Waals surface area contributed by atoms with E-state index in [4.69, 9.17) is 4.74 Å². The molecule has 4 amide bonds. The molecule has 9 heteroatoms. The van der Waals surface area contributed by atoms with Crippen molar-refractivity contribution in [3.05, 3.63) is 53.1 Å². The predicted octanol–water partition coefficient (Wildman–Crippen LogP) is 0.763. The molecule has 1 heterocycles. The van der Waals surface area contributed by atoms with Crippen molar-refractivity contribution in [2.75, 3.05) is 28.3 Å². The first kappa shape index (κ1) is 20.6. The van der Waals surface area contributed by atoms with Crippen molar-refractivity contribution < 1.29 is 33.4 Å². The van der Waals surface area contributed by atoms with Gasteiger partial charge in [-0.25, -0.2) is 14.4 Å². The second kappa shape index (κ2) is 8.30. The Kier molecular flexibility index (Phi) is 6.09. The van der Waals surface area contributed by atoms with Gasteiger partial charge in [0, 0.05) is 25.7 Å². The summed E-state index contributed by atoms with van der Waals surface area (Å²) in [6.45, 7) is 0. The monoisotopic (exact) mass is 386 g/mol. The van der Waals surface area contributed by atoms with E-state index in [0.717, 1.165) is 30.1 Å². The molecule has 0 saturated carbocycles. The molecule has 28 heavy (non-hydrogen) atoms. The average Bonchev–Trinajstić information content (AvgIpc) is 2.72. The van der Waals surface area contributed by atoms with E-state index in [1.165, 1.54) is 14.1 Å². The molecule has 1 fully saturated rings. The summed E-state index contributed by atoms with van der Waals surface area (Å²) >= 11 is 0. The van der Waals surface area contributed by atoms with Crippen LogP contribution in [0.2, 0.25) is 0 Å². The Bertz CT molecular complexity index is 889. The molecule has 0 spiro atoms. The maximum atomic E-state index is 12.8. The molecule has 0 atom stereocenters. The van der Waals surface area contributed by atoms with Crippen LogP contribution < -0.4 is 0 Å². The fourth-order valence-electron chi connectivity index (χ4n) is 2.60. The fourth-order valence-corrected chi connectivity index (χ4v) is 2.60. The van der Waals surface area contributed by atoms with E-state index in [9.17, 15) is 24.0 Å². The number of carbonyl (C=O) groups excluding carboxylic acids is 5. The number of hydrogen-bond donors (Lipinski definition) is 0. The molecule has 2 rings (SSSR count). The predicted molar refractivity (Wildman–Crippen MR) is 96.4 cm³/mol. The third kappa shape index (κ3) is 3.68. The van der Waals surface area contributed by atoms with Crippen molar-refractivity contribution in [1.29, 1.82) is 0 Å². The van der Waals surface area contributed by atoms with Crippen molar-refractivity contribution in [2.45, 2.75) is 0 Å². The third-order valence-corrected chi connectivity index (χ3v) is 4.06. The van der Waals surface area contributed by atoms with Gasteiger partial charge in [-0.3, -0.25) is 19.4 Å². The van der Waals surface area contributed by atoms with Crippen LogP contribution in [-0.4, -0.2) is 67.9 Å². The Morgan fingerprint density at radius 2 is 1.43 bits per heavy atom. The first-order valence-corrected chi connectivity index (χ1v) is 8.02. The first-order chi connectivity index (χ1) is 13.2. The minimum absolute atomic E-state index is 0.140. The highest BCUT2D eigenvalue weighted by Gasteiger charge is 2.41. The highest BCUT2D eigenvalue weighted by atomic mass is 16.5. The van der Waals surface area contributed by atoms with Gasteiger partial charge in [0.25, 0.3) is 11.8 Å². The molecule has 0 aliphatic carbocycles. The van der Waals surface area contributed by atoms with Crippen LogP contribution >= 0.6 is 0 Å². The second-order valence-corrected chi connectivity index (χ2v) is 5.70. The zero-order valence-electron chi connectivity index (χ0n) is 15.7. The van der Waals surface area contributed by atoms with Gasteiger partial charge in [-0.05, 0) is 5.56 Å². The molecule has 0 aromatic heterocycles. The Balaban J connectivity index is 2.91. The highest BCUT2D eigenvalue weighted by molar-refractivity contribution is 6.34. The number of ether oxygens (including phenoxy) is 2. The summed E-state index contributed by atoms with van der Waals surface area (Å²) in [4.78, 5) is 63.3. The molecule has 146 valence electrons. The van der Waals surface area contributed by atoms with Crippen molar-refractivity contribution in [3.63, 3.8) is 0 Å². The molecule has 1 saturated heterocycles. The molecule has 0 unspecified atom stereocenters. The molecule has 9 nitrogen and oxygen atoms in total. The maximum absolute atomic E-state index is 12.8. The minimum Gasteiger partial charge on any atom is -0.466 e. The van der Waals surface area contributed by atoms with Crippen LogP contribution in [0.5, 0.6) is 0 Å². The molecule has 0 N–H and O–H groups in total. The van der Waals surface area contributed by atoms with Gasteiger partial charge < -0.3 is 9.47 Å². The van der Waals surface area contributed by atoms with Gasteiger partial charge in [0.15, 0.2) is 0 Å². The van der Waals surface area contributed by atoms with Gasteiger partial charge in [-0.1, -0.05) is 30.3 Å². The van der Waals surface area contributed by atoms with E-state index < -0.39 is 35.4 Å². The van der Waals surface area contributed by atoms with E-state index >= 15 is 0 Å². The molecule has 0 bridgehead atoms. The molecule has 1 aliphatic heterocycles. The number of likely N-dealkylation sites (N-methyl/N-ethyl adjacent to an activating group) is 2. The summed E-state index contributed by atoms with van der Waals surface area (Å²) in [5.41, 5.74) is -0.639. The number of nitrogens with zero attached hydrogens (tertiary/aromatic N) is 2. The van der Waals surface area contributed by atoms with E-state index in [-0.39, 0.29) is 11.1 Å². The van der Waals surface area contributed by atoms with Crippen LogP contribution in [0, 0.1) is 0 Å². The number of carbonyl (C=O) groups is 5.